The second kappa shape index (κ2) is 2.89. The fourth-order valence-corrected chi connectivity index (χ4v) is 1.81. The number of rotatable bonds is 1. The summed E-state index contributed by atoms with van der Waals surface area (Å²) in [6, 6.07) is 4.10. The Morgan fingerprint density at radius 2 is 2.08 bits per heavy atom. The molecule has 2 N–H and O–H groups in total. The first kappa shape index (κ1) is 8.32. The number of furan rings is 1. The molecule has 1 aromatic carbocycles. The Morgan fingerprint density at radius 1 is 1.31 bits per heavy atom. The molecule has 13 heavy (non-hydrogen) atoms. The Bertz CT molecular complexity index is 443. The predicted octanol–water partition coefficient (Wildman–Crippen LogP) is 2.51. The average Bonchev–Trinajstić information content (AvgIpc) is 2.53. The second-order valence-electron chi connectivity index (χ2n) is 3.36. The van der Waals surface area contributed by atoms with Gasteiger partial charge in [-0.25, -0.2) is 0 Å². The molecule has 0 radical (unpaired) electrons. The SMILES string of the molecule is Cc1cc(C)c2occc2c1CN. The van der Waals surface area contributed by atoms with Crippen molar-refractivity contribution < 1.29 is 4.42 Å². The van der Waals surface area contributed by atoms with E-state index in [9.17, 15) is 0 Å². The van der Waals surface area contributed by atoms with Gasteiger partial charge < -0.3 is 10.2 Å². The number of hydrogen-bond acceptors (Lipinski definition) is 2. The van der Waals surface area contributed by atoms with Crippen LogP contribution >= 0.6 is 0 Å². The Hall–Kier alpha value is -1.28. The van der Waals surface area contributed by atoms with E-state index in [0.717, 1.165) is 11.0 Å². The van der Waals surface area contributed by atoms with Gasteiger partial charge in [-0.1, -0.05) is 6.07 Å². The third-order valence-electron chi connectivity index (χ3n) is 2.46. The highest BCUT2D eigenvalue weighted by Crippen LogP contribution is 2.26. The first-order chi connectivity index (χ1) is 6.24. The lowest BCUT2D eigenvalue weighted by Crippen LogP contribution is -2.00. The van der Waals surface area contributed by atoms with Crippen molar-refractivity contribution in [2.75, 3.05) is 0 Å². The summed E-state index contributed by atoms with van der Waals surface area (Å²) in [6.07, 6.45) is 1.72. The maximum absolute atomic E-state index is 5.68. The van der Waals surface area contributed by atoms with Gasteiger partial charge >= 0.3 is 0 Å². The van der Waals surface area contributed by atoms with Gasteiger partial charge in [0, 0.05) is 11.9 Å². The molecule has 2 rings (SSSR count). The summed E-state index contributed by atoms with van der Waals surface area (Å²) in [5, 5.41) is 1.15. The largest absolute Gasteiger partial charge is 0.464 e. The Morgan fingerprint density at radius 3 is 2.77 bits per heavy atom. The molecule has 2 aromatic rings. The van der Waals surface area contributed by atoms with Gasteiger partial charge in [-0.15, -0.1) is 0 Å². The summed E-state index contributed by atoms with van der Waals surface area (Å²) in [5.74, 6) is 0. The number of nitrogens with two attached hydrogens (primary N) is 1. The van der Waals surface area contributed by atoms with E-state index in [2.05, 4.69) is 19.9 Å². The van der Waals surface area contributed by atoms with Crippen LogP contribution in [0.2, 0.25) is 0 Å². The van der Waals surface area contributed by atoms with E-state index in [1.807, 2.05) is 6.07 Å². The number of benzene rings is 1. The summed E-state index contributed by atoms with van der Waals surface area (Å²) in [5.41, 5.74) is 10.3. The number of aryl methyl sites for hydroxylation is 2. The number of hydrogen-bond donors (Lipinski definition) is 1. The van der Waals surface area contributed by atoms with E-state index in [1.165, 1.54) is 16.7 Å². The minimum Gasteiger partial charge on any atom is -0.464 e. The van der Waals surface area contributed by atoms with Gasteiger partial charge in [0.25, 0.3) is 0 Å². The van der Waals surface area contributed by atoms with E-state index in [4.69, 9.17) is 10.2 Å². The van der Waals surface area contributed by atoms with Crippen LogP contribution in [0.3, 0.4) is 0 Å². The zero-order valence-electron chi connectivity index (χ0n) is 7.92. The van der Waals surface area contributed by atoms with Gasteiger partial charge in [0.1, 0.15) is 5.58 Å². The first-order valence-electron chi connectivity index (χ1n) is 4.40. The molecule has 0 spiro atoms. The Balaban J connectivity index is 2.88. The third kappa shape index (κ3) is 1.14. The molecule has 1 aromatic heterocycles. The van der Waals surface area contributed by atoms with Crippen LogP contribution in [0.15, 0.2) is 22.8 Å². The van der Waals surface area contributed by atoms with Crippen LogP contribution in [0.25, 0.3) is 11.0 Å². The molecule has 0 aliphatic carbocycles. The molecule has 0 aliphatic heterocycles. The van der Waals surface area contributed by atoms with Crippen molar-refractivity contribution in [1.29, 1.82) is 0 Å². The highest BCUT2D eigenvalue weighted by Gasteiger charge is 2.07. The molecular formula is C11H13NO. The van der Waals surface area contributed by atoms with Gasteiger partial charge in [-0.3, -0.25) is 0 Å². The summed E-state index contributed by atoms with van der Waals surface area (Å²) in [4.78, 5) is 0. The third-order valence-corrected chi connectivity index (χ3v) is 2.46. The molecular weight excluding hydrogens is 162 g/mol. The smallest absolute Gasteiger partial charge is 0.137 e. The Kier molecular flexibility index (Phi) is 1.85. The van der Waals surface area contributed by atoms with Crippen molar-refractivity contribution in [2.45, 2.75) is 20.4 Å². The van der Waals surface area contributed by atoms with Crippen molar-refractivity contribution in [1.82, 2.24) is 0 Å². The quantitative estimate of drug-likeness (QED) is 0.723. The van der Waals surface area contributed by atoms with Crippen LogP contribution in [0.1, 0.15) is 16.7 Å². The minimum absolute atomic E-state index is 0.572. The lowest BCUT2D eigenvalue weighted by Gasteiger charge is -2.05. The van der Waals surface area contributed by atoms with Crippen LogP contribution in [-0.2, 0) is 6.54 Å². The van der Waals surface area contributed by atoms with E-state index < -0.39 is 0 Å². The highest BCUT2D eigenvalue weighted by molar-refractivity contribution is 5.84. The van der Waals surface area contributed by atoms with Gasteiger partial charge in [0.2, 0.25) is 0 Å². The topological polar surface area (TPSA) is 39.2 Å². The average molecular weight is 175 g/mol. The van der Waals surface area contributed by atoms with E-state index >= 15 is 0 Å². The van der Waals surface area contributed by atoms with E-state index in [1.54, 1.807) is 6.26 Å². The summed E-state index contributed by atoms with van der Waals surface area (Å²) in [6.45, 7) is 4.71. The van der Waals surface area contributed by atoms with Gasteiger partial charge in [-0.2, -0.15) is 0 Å². The van der Waals surface area contributed by atoms with Crippen LogP contribution in [-0.4, -0.2) is 0 Å². The van der Waals surface area contributed by atoms with Gasteiger partial charge in [-0.05, 0) is 36.6 Å². The monoisotopic (exact) mass is 175 g/mol. The molecule has 0 unspecified atom stereocenters. The molecule has 0 bridgehead atoms. The van der Waals surface area contributed by atoms with Crippen molar-refractivity contribution in [2.24, 2.45) is 5.73 Å². The molecule has 0 atom stereocenters. The van der Waals surface area contributed by atoms with Gasteiger partial charge in [0.05, 0.1) is 6.26 Å². The van der Waals surface area contributed by atoms with E-state index in [-0.39, 0.29) is 0 Å². The van der Waals surface area contributed by atoms with Crippen LogP contribution in [0.4, 0.5) is 0 Å². The summed E-state index contributed by atoms with van der Waals surface area (Å²) in [7, 11) is 0. The van der Waals surface area contributed by atoms with Crippen LogP contribution in [0, 0.1) is 13.8 Å². The van der Waals surface area contributed by atoms with Crippen LogP contribution < -0.4 is 5.73 Å². The second-order valence-corrected chi connectivity index (χ2v) is 3.36. The zero-order valence-corrected chi connectivity index (χ0v) is 7.92. The summed E-state index contributed by atoms with van der Waals surface area (Å²) >= 11 is 0. The molecule has 2 heteroatoms. The Labute approximate surface area is 77.3 Å². The predicted molar refractivity (Wildman–Crippen MR) is 53.6 cm³/mol. The molecule has 0 aliphatic rings. The molecule has 0 saturated carbocycles. The standard InChI is InChI=1S/C11H13NO/c1-7-5-8(2)11-9(3-4-13-11)10(7)6-12/h3-5H,6,12H2,1-2H3. The minimum atomic E-state index is 0.572. The summed E-state index contributed by atoms with van der Waals surface area (Å²) < 4.78 is 5.39. The molecule has 2 nitrogen and oxygen atoms in total. The maximum atomic E-state index is 5.68. The van der Waals surface area contributed by atoms with Crippen molar-refractivity contribution in [3.05, 3.63) is 35.1 Å². The number of fused-ring (bicyclic) bond motifs is 1. The lowest BCUT2D eigenvalue weighted by molar-refractivity contribution is 0.613. The fourth-order valence-electron chi connectivity index (χ4n) is 1.81. The van der Waals surface area contributed by atoms with Crippen molar-refractivity contribution in [3.63, 3.8) is 0 Å². The highest BCUT2D eigenvalue weighted by atomic mass is 16.3. The first-order valence-corrected chi connectivity index (χ1v) is 4.40. The van der Waals surface area contributed by atoms with Crippen molar-refractivity contribution in [3.8, 4) is 0 Å². The molecule has 0 saturated heterocycles. The zero-order chi connectivity index (χ0) is 9.42. The van der Waals surface area contributed by atoms with Crippen LogP contribution in [0.5, 0.6) is 0 Å². The molecule has 0 fully saturated rings. The van der Waals surface area contributed by atoms with E-state index in [0.29, 0.717) is 6.54 Å². The van der Waals surface area contributed by atoms with Crippen molar-refractivity contribution >= 4 is 11.0 Å². The maximum Gasteiger partial charge on any atom is 0.137 e. The molecule has 0 amide bonds. The van der Waals surface area contributed by atoms with Gasteiger partial charge in [0.15, 0.2) is 0 Å². The molecule has 1 heterocycles. The fraction of sp³-hybridized carbons (Fsp3) is 0.273. The lowest BCUT2D eigenvalue weighted by atomic mass is 10.0. The molecule has 68 valence electrons. The normalized spacial score (nSPS) is 11.0.